The van der Waals surface area contributed by atoms with Gasteiger partial charge < -0.3 is 9.52 Å². The zero-order valence-electron chi connectivity index (χ0n) is 7.97. The number of hydrogen-bond acceptors (Lipinski definition) is 4. The molecule has 6 nitrogen and oxygen atoms in total. The van der Waals surface area contributed by atoms with Crippen LogP contribution in [0.4, 0.5) is 13.2 Å². The Labute approximate surface area is 91.3 Å². The molecule has 0 fully saturated rings. The van der Waals surface area contributed by atoms with Crippen molar-refractivity contribution < 1.29 is 27.5 Å². The standard InChI is InChI=1S/C8H4F3N3O3/c9-8(10,11)5-1-2-14(13-5)7-12-4(3-17-7)6(15)16/h1-3H,(H,15,16). The van der Waals surface area contributed by atoms with Gasteiger partial charge in [-0.2, -0.15) is 27.9 Å². The van der Waals surface area contributed by atoms with Crippen molar-refractivity contribution in [2.45, 2.75) is 6.18 Å². The van der Waals surface area contributed by atoms with Gasteiger partial charge in [-0.3, -0.25) is 0 Å². The first-order chi connectivity index (χ1) is 7.88. The monoisotopic (exact) mass is 247 g/mol. The SMILES string of the molecule is O=C(O)c1coc(-n2ccc(C(F)(F)F)n2)n1. The lowest BCUT2D eigenvalue weighted by Crippen LogP contribution is -2.07. The molecule has 0 aromatic carbocycles. The van der Waals surface area contributed by atoms with E-state index in [0.29, 0.717) is 4.68 Å². The van der Waals surface area contributed by atoms with Gasteiger partial charge in [-0.1, -0.05) is 0 Å². The van der Waals surface area contributed by atoms with Gasteiger partial charge in [-0.15, -0.1) is 0 Å². The summed E-state index contributed by atoms with van der Waals surface area (Å²) in [6.07, 6.45) is -2.79. The smallest absolute Gasteiger partial charge is 0.435 e. The molecule has 17 heavy (non-hydrogen) atoms. The lowest BCUT2D eigenvalue weighted by Gasteiger charge is -1.99. The molecule has 0 amide bonds. The summed E-state index contributed by atoms with van der Waals surface area (Å²) in [5.74, 6) is -1.34. The molecule has 9 heteroatoms. The van der Waals surface area contributed by atoms with Crippen molar-refractivity contribution in [3.8, 4) is 6.01 Å². The van der Waals surface area contributed by atoms with Gasteiger partial charge in [-0.05, 0) is 6.07 Å². The first-order valence-electron chi connectivity index (χ1n) is 4.20. The summed E-state index contributed by atoms with van der Waals surface area (Å²) in [5.41, 5.74) is -1.53. The molecule has 0 radical (unpaired) electrons. The first kappa shape index (κ1) is 11.2. The summed E-state index contributed by atoms with van der Waals surface area (Å²) < 4.78 is 42.1. The lowest BCUT2D eigenvalue weighted by atomic mass is 10.4. The third-order valence-corrected chi connectivity index (χ3v) is 1.79. The van der Waals surface area contributed by atoms with E-state index in [0.717, 1.165) is 18.5 Å². The third-order valence-electron chi connectivity index (χ3n) is 1.79. The highest BCUT2D eigenvalue weighted by molar-refractivity contribution is 5.84. The third kappa shape index (κ3) is 2.12. The Balaban J connectivity index is 2.34. The van der Waals surface area contributed by atoms with Crippen molar-refractivity contribution in [3.05, 3.63) is 29.9 Å². The minimum absolute atomic E-state index is 0.349. The van der Waals surface area contributed by atoms with E-state index in [2.05, 4.69) is 14.5 Å². The van der Waals surface area contributed by atoms with Crippen molar-refractivity contribution in [1.82, 2.24) is 14.8 Å². The molecule has 2 rings (SSSR count). The molecule has 0 spiro atoms. The largest absolute Gasteiger partial charge is 0.476 e. The predicted molar refractivity (Wildman–Crippen MR) is 45.6 cm³/mol. The maximum Gasteiger partial charge on any atom is 0.435 e. The van der Waals surface area contributed by atoms with E-state index < -0.39 is 23.5 Å². The molecule has 0 unspecified atom stereocenters. The number of aromatic carboxylic acids is 1. The molecule has 0 saturated heterocycles. The number of carboxylic acids is 1. The van der Waals surface area contributed by atoms with Gasteiger partial charge >= 0.3 is 18.2 Å². The molecule has 0 aliphatic carbocycles. The van der Waals surface area contributed by atoms with E-state index in [9.17, 15) is 18.0 Å². The van der Waals surface area contributed by atoms with E-state index in [4.69, 9.17) is 5.11 Å². The molecule has 2 aromatic rings. The zero-order valence-corrected chi connectivity index (χ0v) is 7.97. The quantitative estimate of drug-likeness (QED) is 0.871. The van der Waals surface area contributed by atoms with Crippen LogP contribution in [0.1, 0.15) is 16.2 Å². The Bertz CT molecular complexity index is 558. The fraction of sp³-hybridized carbons (Fsp3) is 0.125. The van der Waals surface area contributed by atoms with E-state index in [1.807, 2.05) is 0 Å². The maximum atomic E-state index is 12.2. The van der Waals surface area contributed by atoms with Crippen molar-refractivity contribution in [2.75, 3.05) is 0 Å². The number of carbonyl (C=O) groups is 1. The lowest BCUT2D eigenvalue weighted by molar-refractivity contribution is -0.141. The Morgan fingerprint density at radius 3 is 2.65 bits per heavy atom. The van der Waals surface area contributed by atoms with Crippen LogP contribution in [0.5, 0.6) is 0 Å². The molecule has 0 aliphatic heterocycles. The van der Waals surface area contributed by atoms with E-state index in [1.54, 1.807) is 0 Å². The van der Waals surface area contributed by atoms with Crippen LogP contribution in [0.3, 0.4) is 0 Å². The summed E-state index contributed by atoms with van der Waals surface area (Å²) >= 11 is 0. The number of halogens is 3. The van der Waals surface area contributed by atoms with E-state index in [1.165, 1.54) is 0 Å². The van der Waals surface area contributed by atoms with Crippen LogP contribution in [0.25, 0.3) is 6.01 Å². The average molecular weight is 247 g/mol. The van der Waals surface area contributed by atoms with Crippen molar-refractivity contribution >= 4 is 5.97 Å². The summed E-state index contributed by atoms with van der Waals surface area (Å²) in [6, 6.07) is 0.378. The normalized spacial score (nSPS) is 11.7. The van der Waals surface area contributed by atoms with Gasteiger partial charge in [-0.25, -0.2) is 4.79 Å². The highest BCUT2D eigenvalue weighted by atomic mass is 19.4. The van der Waals surface area contributed by atoms with Gasteiger partial charge in [0.1, 0.15) is 6.26 Å². The van der Waals surface area contributed by atoms with Crippen LogP contribution < -0.4 is 0 Å². The molecule has 0 atom stereocenters. The predicted octanol–water partition coefficient (Wildman–Crippen LogP) is 1.58. The topological polar surface area (TPSA) is 81.1 Å². The van der Waals surface area contributed by atoms with Gasteiger partial charge in [0.25, 0.3) is 0 Å². The number of nitrogens with zero attached hydrogens (tertiary/aromatic N) is 3. The number of alkyl halides is 3. The molecular weight excluding hydrogens is 243 g/mol. The van der Waals surface area contributed by atoms with Crippen molar-refractivity contribution in [3.63, 3.8) is 0 Å². The number of oxazole rings is 1. The second kappa shape index (κ2) is 3.61. The van der Waals surface area contributed by atoms with Gasteiger partial charge in [0.05, 0.1) is 0 Å². The second-order valence-electron chi connectivity index (χ2n) is 2.96. The summed E-state index contributed by atoms with van der Waals surface area (Å²) in [7, 11) is 0. The van der Waals surface area contributed by atoms with E-state index >= 15 is 0 Å². The molecule has 0 saturated carbocycles. The van der Waals surface area contributed by atoms with Crippen LogP contribution in [-0.4, -0.2) is 25.8 Å². The first-order valence-corrected chi connectivity index (χ1v) is 4.20. The van der Waals surface area contributed by atoms with Gasteiger partial charge in [0, 0.05) is 6.20 Å². The fourth-order valence-electron chi connectivity index (χ4n) is 1.05. The second-order valence-corrected chi connectivity index (χ2v) is 2.96. The Morgan fingerprint density at radius 1 is 1.47 bits per heavy atom. The molecule has 2 heterocycles. The highest BCUT2D eigenvalue weighted by Crippen LogP contribution is 2.27. The van der Waals surface area contributed by atoms with Crippen LogP contribution in [0.2, 0.25) is 0 Å². The number of carboxylic acid groups (broad SMARTS) is 1. The summed E-state index contributed by atoms with van der Waals surface area (Å²) in [6.45, 7) is 0. The average Bonchev–Trinajstić information content (AvgIpc) is 2.85. The Hall–Kier alpha value is -2.32. The molecule has 90 valence electrons. The molecule has 1 N–H and O–H groups in total. The van der Waals surface area contributed by atoms with Crippen molar-refractivity contribution in [1.29, 1.82) is 0 Å². The minimum atomic E-state index is -4.58. The summed E-state index contributed by atoms with van der Waals surface area (Å²) in [5, 5.41) is 11.7. The minimum Gasteiger partial charge on any atom is -0.476 e. The van der Waals surface area contributed by atoms with E-state index in [-0.39, 0.29) is 6.01 Å². The molecule has 0 bridgehead atoms. The highest BCUT2D eigenvalue weighted by Gasteiger charge is 2.34. The van der Waals surface area contributed by atoms with Crippen LogP contribution in [0, 0.1) is 0 Å². The molecule has 2 aromatic heterocycles. The Morgan fingerprint density at radius 2 is 2.18 bits per heavy atom. The molecular formula is C8H4F3N3O3. The van der Waals surface area contributed by atoms with Crippen molar-refractivity contribution in [2.24, 2.45) is 0 Å². The van der Waals surface area contributed by atoms with Crippen LogP contribution in [-0.2, 0) is 6.18 Å². The van der Waals surface area contributed by atoms with Gasteiger partial charge in [0.2, 0.25) is 0 Å². The Kier molecular flexibility index (Phi) is 2.37. The number of hydrogen-bond donors (Lipinski definition) is 1. The molecule has 0 aliphatic rings. The zero-order chi connectivity index (χ0) is 12.6. The number of rotatable bonds is 2. The van der Waals surface area contributed by atoms with Crippen LogP contribution >= 0.6 is 0 Å². The van der Waals surface area contributed by atoms with Gasteiger partial charge in [0.15, 0.2) is 11.4 Å². The van der Waals surface area contributed by atoms with Crippen LogP contribution in [0.15, 0.2) is 22.9 Å². The number of aromatic nitrogens is 3. The fourth-order valence-corrected chi connectivity index (χ4v) is 1.05. The summed E-state index contributed by atoms with van der Waals surface area (Å²) in [4.78, 5) is 13.9. The maximum absolute atomic E-state index is 12.2.